The first-order chi connectivity index (χ1) is 8.48. The number of carbonyl (C=O) groups excluding carboxylic acids is 1. The number of halogens is 1. The predicted molar refractivity (Wildman–Crippen MR) is 81.6 cm³/mol. The monoisotopic (exact) mass is 288 g/mol. The summed E-state index contributed by atoms with van der Waals surface area (Å²) in [6.45, 7) is 9.91. The summed E-state index contributed by atoms with van der Waals surface area (Å²) < 4.78 is 0. The van der Waals surface area contributed by atoms with Gasteiger partial charge in [0.1, 0.15) is 0 Å². The third-order valence-corrected chi connectivity index (χ3v) is 4.62. The van der Waals surface area contributed by atoms with Gasteiger partial charge in [-0.3, -0.25) is 4.79 Å². The Bertz CT molecular complexity index is 295. The molecule has 1 N–H and O–H groups in total. The molecule has 2 heterocycles. The van der Waals surface area contributed by atoms with Crippen LogP contribution >= 0.6 is 12.4 Å². The molecule has 2 fully saturated rings. The van der Waals surface area contributed by atoms with Crippen LogP contribution in [0.25, 0.3) is 0 Å². The summed E-state index contributed by atoms with van der Waals surface area (Å²) in [4.78, 5) is 14.5. The Hall–Kier alpha value is -0.280. The standard InChI is InChI=1S/C15H28N2O.ClH/c1-15(2,3)12-6-5-10-17(11-8-12)14(18)13-7-4-9-16-13;/h12-13,16H,4-11H2,1-3H3;1H. The van der Waals surface area contributed by atoms with Crippen LogP contribution in [0, 0.1) is 11.3 Å². The number of amides is 1. The van der Waals surface area contributed by atoms with Crippen molar-refractivity contribution >= 4 is 18.3 Å². The van der Waals surface area contributed by atoms with Gasteiger partial charge in [0.05, 0.1) is 6.04 Å². The van der Waals surface area contributed by atoms with Gasteiger partial charge in [-0.2, -0.15) is 0 Å². The molecule has 0 bridgehead atoms. The Morgan fingerprint density at radius 2 is 1.84 bits per heavy atom. The van der Waals surface area contributed by atoms with Crippen LogP contribution in [0.15, 0.2) is 0 Å². The van der Waals surface area contributed by atoms with E-state index in [0.29, 0.717) is 11.3 Å². The Morgan fingerprint density at radius 3 is 2.42 bits per heavy atom. The second-order valence-electron chi connectivity index (χ2n) is 6.97. The second kappa shape index (κ2) is 6.94. The summed E-state index contributed by atoms with van der Waals surface area (Å²) in [5.41, 5.74) is 0.380. The zero-order valence-corrected chi connectivity index (χ0v) is 13.4. The van der Waals surface area contributed by atoms with Crippen molar-refractivity contribution in [3.8, 4) is 0 Å². The maximum Gasteiger partial charge on any atom is 0.239 e. The molecule has 2 rings (SSSR count). The molecule has 2 aliphatic rings. The van der Waals surface area contributed by atoms with Crippen LogP contribution in [0.2, 0.25) is 0 Å². The van der Waals surface area contributed by atoms with E-state index in [4.69, 9.17) is 0 Å². The van der Waals surface area contributed by atoms with Crippen molar-refractivity contribution in [3.05, 3.63) is 0 Å². The van der Waals surface area contributed by atoms with Gasteiger partial charge in [-0.05, 0) is 50.0 Å². The average molecular weight is 289 g/mol. The lowest BCUT2D eigenvalue weighted by Crippen LogP contribution is -2.44. The van der Waals surface area contributed by atoms with E-state index in [1.807, 2.05) is 0 Å². The zero-order chi connectivity index (χ0) is 13.2. The molecule has 3 nitrogen and oxygen atoms in total. The van der Waals surface area contributed by atoms with Crippen LogP contribution in [-0.4, -0.2) is 36.5 Å². The lowest BCUT2D eigenvalue weighted by Gasteiger charge is -2.30. The van der Waals surface area contributed by atoms with E-state index in [0.717, 1.165) is 38.4 Å². The van der Waals surface area contributed by atoms with E-state index in [-0.39, 0.29) is 18.4 Å². The minimum atomic E-state index is 0. The van der Waals surface area contributed by atoms with Crippen molar-refractivity contribution in [2.45, 2.75) is 58.9 Å². The molecule has 0 aliphatic carbocycles. The van der Waals surface area contributed by atoms with Crippen molar-refractivity contribution in [1.29, 1.82) is 0 Å². The van der Waals surface area contributed by atoms with E-state index in [1.165, 1.54) is 19.3 Å². The van der Waals surface area contributed by atoms with E-state index < -0.39 is 0 Å². The Kier molecular flexibility index (Phi) is 6.13. The Balaban J connectivity index is 0.00000180. The van der Waals surface area contributed by atoms with Gasteiger partial charge in [0.25, 0.3) is 0 Å². The van der Waals surface area contributed by atoms with E-state index in [2.05, 4.69) is 31.0 Å². The number of nitrogens with zero attached hydrogens (tertiary/aromatic N) is 1. The van der Waals surface area contributed by atoms with E-state index >= 15 is 0 Å². The summed E-state index contributed by atoms with van der Waals surface area (Å²) in [7, 11) is 0. The number of rotatable bonds is 1. The highest BCUT2D eigenvalue weighted by molar-refractivity contribution is 5.85. The van der Waals surface area contributed by atoms with Crippen molar-refractivity contribution in [2.24, 2.45) is 11.3 Å². The van der Waals surface area contributed by atoms with Gasteiger partial charge in [-0.25, -0.2) is 0 Å². The maximum absolute atomic E-state index is 12.4. The van der Waals surface area contributed by atoms with Gasteiger partial charge < -0.3 is 10.2 Å². The molecule has 0 saturated carbocycles. The van der Waals surface area contributed by atoms with Crippen molar-refractivity contribution < 1.29 is 4.79 Å². The normalized spacial score (nSPS) is 28.7. The fraction of sp³-hybridized carbons (Fsp3) is 0.933. The first-order valence-corrected chi connectivity index (χ1v) is 7.50. The van der Waals surface area contributed by atoms with Crippen LogP contribution in [0.3, 0.4) is 0 Å². The van der Waals surface area contributed by atoms with E-state index in [9.17, 15) is 4.79 Å². The zero-order valence-electron chi connectivity index (χ0n) is 12.6. The van der Waals surface area contributed by atoms with Crippen molar-refractivity contribution in [3.63, 3.8) is 0 Å². The molecule has 2 saturated heterocycles. The highest BCUT2D eigenvalue weighted by Crippen LogP contribution is 2.34. The summed E-state index contributed by atoms with van der Waals surface area (Å²) in [5, 5.41) is 3.32. The molecule has 2 unspecified atom stereocenters. The summed E-state index contributed by atoms with van der Waals surface area (Å²) in [6.07, 6.45) is 5.78. The number of hydrogen-bond donors (Lipinski definition) is 1. The SMILES string of the molecule is CC(C)(C)C1CCCN(C(=O)C2CCCN2)CC1.Cl. The smallest absolute Gasteiger partial charge is 0.239 e. The molecule has 19 heavy (non-hydrogen) atoms. The molecule has 0 aromatic rings. The lowest BCUT2D eigenvalue weighted by molar-refractivity contribution is -0.133. The molecule has 1 amide bonds. The second-order valence-corrected chi connectivity index (χ2v) is 6.97. The lowest BCUT2D eigenvalue weighted by atomic mass is 9.77. The van der Waals surface area contributed by atoms with Crippen LogP contribution in [0.4, 0.5) is 0 Å². The summed E-state index contributed by atoms with van der Waals surface area (Å²) >= 11 is 0. The van der Waals surface area contributed by atoms with E-state index in [1.54, 1.807) is 0 Å². The average Bonchev–Trinajstić information content (AvgIpc) is 2.70. The van der Waals surface area contributed by atoms with Gasteiger partial charge in [-0.15, -0.1) is 12.4 Å². The van der Waals surface area contributed by atoms with Gasteiger partial charge in [0.2, 0.25) is 5.91 Å². The largest absolute Gasteiger partial charge is 0.341 e. The van der Waals surface area contributed by atoms with Crippen LogP contribution in [0.5, 0.6) is 0 Å². The highest BCUT2D eigenvalue weighted by atomic mass is 35.5. The number of hydrogen-bond acceptors (Lipinski definition) is 2. The van der Waals surface area contributed by atoms with Gasteiger partial charge in [-0.1, -0.05) is 20.8 Å². The fourth-order valence-corrected chi connectivity index (χ4v) is 3.30. The van der Waals surface area contributed by atoms with Gasteiger partial charge in [0, 0.05) is 13.1 Å². The third kappa shape index (κ3) is 4.35. The number of carbonyl (C=O) groups is 1. The van der Waals surface area contributed by atoms with Gasteiger partial charge in [0.15, 0.2) is 0 Å². The Labute approximate surface area is 123 Å². The number of nitrogens with one attached hydrogen (secondary N) is 1. The minimum absolute atomic E-state index is 0. The summed E-state index contributed by atoms with van der Waals surface area (Å²) in [5.74, 6) is 1.11. The van der Waals surface area contributed by atoms with Crippen molar-refractivity contribution in [1.82, 2.24) is 10.2 Å². The number of likely N-dealkylation sites (tertiary alicyclic amines) is 1. The molecule has 4 heteroatoms. The van der Waals surface area contributed by atoms with Crippen LogP contribution < -0.4 is 5.32 Å². The third-order valence-electron chi connectivity index (χ3n) is 4.62. The minimum Gasteiger partial charge on any atom is -0.341 e. The summed E-state index contributed by atoms with van der Waals surface area (Å²) in [6, 6.07) is 0.108. The molecule has 2 atom stereocenters. The van der Waals surface area contributed by atoms with Crippen molar-refractivity contribution in [2.75, 3.05) is 19.6 Å². The maximum atomic E-state index is 12.4. The molecule has 0 radical (unpaired) electrons. The predicted octanol–water partition coefficient (Wildman–Crippen LogP) is 2.84. The molecule has 2 aliphatic heterocycles. The molecular formula is C15H29ClN2O. The first kappa shape index (κ1) is 16.8. The quantitative estimate of drug-likeness (QED) is 0.805. The topological polar surface area (TPSA) is 32.3 Å². The first-order valence-electron chi connectivity index (χ1n) is 7.50. The Morgan fingerprint density at radius 1 is 1.11 bits per heavy atom. The highest BCUT2D eigenvalue weighted by Gasteiger charge is 2.31. The molecule has 0 aromatic carbocycles. The van der Waals surface area contributed by atoms with Gasteiger partial charge >= 0.3 is 0 Å². The molecule has 0 aromatic heterocycles. The molecule has 0 spiro atoms. The molecule has 112 valence electrons. The fourth-order valence-electron chi connectivity index (χ4n) is 3.30. The van der Waals surface area contributed by atoms with Crippen LogP contribution in [0.1, 0.15) is 52.9 Å². The van der Waals surface area contributed by atoms with Crippen LogP contribution in [-0.2, 0) is 4.79 Å². The molecular weight excluding hydrogens is 260 g/mol.